The highest BCUT2D eigenvalue weighted by Crippen LogP contribution is 2.45. The number of aryl methyl sites for hydroxylation is 1. The van der Waals surface area contributed by atoms with Crippen LogP contribution in [0.4, 0.5) is 0 Å². The number of aromatic nitrogens is 2. The molecule has 0 saturated heterocycles. The summed E-state index contributed by atoms with van der Waals surface area (Å²) in [7, 11) is -2.02. The molecule has 1 heterocycles. The Morgan fingerprint density at radius 3 is 2.59 bits per heavy atom. The van der Waals surface area contributed by atoms with Gasteiger partial charge in [-0.2, -0.15) is 5.10 Å². The lowest BCUT2D eigenvalue weighted by molar-refractivity contribution is 0.0185. The van der Waals surface area contributed by atoms with E-state index in [1.54, 1.807) is 7.05 Å². The molecule has 2 N–H and O–H groups in total. The minimum absolute atomic E-state index is 0.0428. The SMILES string of the molecule is Cn1cc(S(=O)(=O)NC[C@@](O)(c2ccccc2)C2CC2)cn1. The molecule has 1 atom stereocenters. The molecule has 1 aliphatic rings. The van der Waals surface area contributed by atoms with Crippen LogP contribution in [0.25, 0.3) is 0 Å². The number of nitrogens with one attached hydrogen (secondary N) is 1. The zero-order valence-electron chi connectivity index (χ0n) is 12.3. The Balaban J connectivity index is 1.81. The van der Waals surface area contributed by atoms with Crippen LogP contribution >= 0.6 is 0 Å². The fraction of sp³-hybridized carbons (Fsp3) is 0.400. The monoisotopic (exact) mass is 321 g/mol. The van der Waals surface area contributed by atoms with Crippen LogP contribution in [0.15, 0.2) is 47.6 Å². The van der Waals surface area contributed by atoms with Crippen molar-refractivity contribution in [3.8, 4) is 0 Å². The van der Waals surface area contributed by atoms with Crippen molar-refractivity contribution in [2.75, 3.05) is 6.54 Å². The second-order valence-electron chi connectivity index (χ2n) is 5.74. The first-order chi connectivity index (χ1) is 10.4. The maximum atomic E-state index is 12.3. The lowest BCUT2D eigenvalue weighted by Crippen LogP contribution is -2.42. The summed E-state index contributed by atoms with van der Waals surface area (Å²) in [6, 6.07) is 9.22. The molecule has 1 fully saturated rings. The van der Waals surface area contributed by atoms with Crippen LogP contribution in [0.5, 0.6) is 0 Å². The third-order valence-electron chi connectivity index (χ3n) is 4.05. The Kier molecular flexibility index (Phi) is 3.80. The molecule has 1 saturated carbocycles. The third kappa shape index (κ3) is 2.92. The van der Waals surface area contributed by atoms with Crippen LogP contribution in [-0.2, 0) is 22.7 Å². The normalized spacial score (nSPS) is 18.1. The van der Waals surface area contributed by atoms with Crippen molar-refractivity contribution in [3.63, 3.8) is 0 Å². The Morgan fingerprint density at radius 2 is 2.05 bits per heavy atom. The second kappa shape index (κ2) is 5.49. The van der Waals surface area contributed by atoms with E-state index < -0.39 is 15.6 Å². The third-order valence-corrected chi connectivity index (χ3v) is 5.41. The molecule has 3 rings (SSSR count). The topological polar surface area (TPSA) is 84.2 Å². The van der Waals surface area contributed by atoms with Crippen LogP contribution in [0.1, 0.15) is 18.4 Å². The molecule has 7 heteroatoms. The van der Waals surface area contributed by atoms with Gasteiger partial charge in [-0.1, -0.05) is 30.3 Å². The summed E-state index contributed by atoms with van der Waals surface area (Å²) in [6.45, 7) is -0.0428. The zero-order chi connectivity index (χ0) is 15.8. The minimum Gasteiger partial charge on any atom is -0.383 e. The first kappa shape index (κ1) is 15.2. The summed E-state index contributed by atoms with van der Waals surface area (Å²) < 4.78 is 28.5. The van der Waals surface area contributed by atoms with Crippen LogP contribution < -0.4 is 4.72 Å². The molecule has 1 aliphatic carbocycles. The van der Waals surface area contributed by atoms with Crippen molar-refractivity contribution in [2.45, 2.75) is 23.3 Å². The molecule has 0 spiro atoms. The molecule has 0 aliphatic heterocycles. The van der Waals surface area contributed by atoms with Gasteiger partial charge in [-0.05, 0) is 24.3 Å². The molecule has 0 amide bonds. The fourth-order valence-electron chi connectivity index (χ4n) is 2.60. The highest BCUT2D eigenvalue weighted by Gasteiger charge is 2.45. The Labute approximate surface area is 129 Å². The van der Waals surface area contributed by atoms with Crippen molar-refractivity contribution < 1.29 is 13.5 Å². The van der Waals surface area contributed by atoms with E-state index in [2.05, 4.69) is 9.82 Å². The molecular formula is C15H19N3O3S. The summed E-state index contributed by atoms with van der Waals surface area (Å²) in [5, 5.41) is 14.9. The lowest BCUT2D eigenvalue weighted by atomic mass is 9.89. The molecule has 118 valence electrons. The molecule has 1 aromatic heterocycles. The number of benzene rings is 1. The van der Waals surface area contributed by atoms with Crippen molar-refractivity contribution in [1.29, 1.82) is 0 Å². The van der Waals surface area contributed by atoms with Gasteiger partial charge in [-0.3, -0.25) is 4.68 Å². The Morgan fingerprint density at radius 1 is 1.36 bits per heavy atom. The van der Waals surface area contributed by atoms with Gasteiger partial charge < -0.3 is 5.11 Å². The van der Waals surface area contributed by atoms with E-state index in [1.807, 2.05) is 30.3 Å². The Bertz CT molecular complexity index is 753. The van der Waals surface area contributed by atoms with E-state index >= 15 is 0 Å². The van der Waals surface area contributed by atoms with E-state index in [-0.39, 0.29) is 17.4 Å². The van der Waals surface area contributed by atoms with Crippen LogP contribution in [0.2, 0.25) is 0 Å². The van der Waals surface area contributed by atoms with Gasteiger partial charge in [-0.25, -0.2) is 13.1 Å². The fourth-order valence-corrected chi connectivity index (χ4v) is 3.65. The number of sulfonamides is 1. The first-order valence-corrected chi connectivity index (χ1v) is 8.66. The zero-order valence-corrected chi connectivity index (χ0v) is 13.1. The van der Waals surface area contributed by atoms with E-state index in [0.717, 1.165) is 18.4 Å². The molecule has 0 bridgehead atoms. The molecule has 1 aromatic carbocycles. The number of aliphatic hydroxyl groups is 1. The number of rotatable bonds is 6. The highest BCUT2D eigenvalue weighted by molar-refractivity contribution is 7.89. The van der Waals surface area contributed by atoms with E-state index in [4.69, 9.17) is 0 Å². The van der Waals surface area contributed by atoms with Crippen LogP contribution in [0.3, 0.4) is 0 Å². The van der Waals surface area contributed by atoms with Crippen molar-refractivity contribution >= 4 is 10.0 Å². The van der Waals surface area contributed by atoms with Gasteiger partial charge in [0, 0.05) is 19.8 Å². The van der Waals surface area contributed by atoms with Gasteiger partial charge in [0.05, 0.1) is 6.20 Å². The van der Waals surface area contributed by atoms with Crippen molar-refractivity contribution in [3.05, 3.63) is 48.3 Å². The summed E-state index contributed by atoms with van der Waals surface area (Å²) in [6.07, 6.45) is 4.53. The van der Waals surface area contributed by atoms with Crippen LogP contribution in [0, 0.1) is 5.92 Å². The quantitative estimate of drug-likeness (QED) is 0.831. The van der Waals surface area contributed by atoms with Gasteiger partial charge >= 0.3 is 0 Å². The number of hydrogen-bond acceptors (Lipinski definition) is 4. The predicted molar refractivity (Wildman–Crippen MR) is 81.5 cm³/mol. The highest BCUT2D eigenvalue weighted by atomic mass is 32.2. The van der Waals surface area contributed by atoms with Gasteiger partial charge in [0.25, 0.3) is 0 Å². The largest absolute Gasteiger partial charge is 0.383 e. The molecule has 0 unspecified atom stereocenters. The average Bonchev–Trinajstić information content (AvgIpc) is 3.28. The first-order valence-electron chi connectivity index (χ1n) is 7.18. The molecule has 2 aromatic rings. The molecule has 6 nitrogen and oxygen atoms in total. The molecular weight excluding hydrogens is 302 g/mol. The van der Waals surface area contributed by atoms with Crippen molar-refractivity contribution in [2.24, 2.45) is 13.0 Å². The standard InChI is InChI=1S/C15H19N3O3S/c1-18-10-14(9-16-18)22(20,21)17-11-15(19,13-7-8-13)12-5-3-2-4-6-12/h2-6,9-10,13,17,19H,7-8,11H2,1H3/t15-/m1/s1. The number of hydrogen-bond donors (Lipinski definition) is 2. The summed E-state index contributed by atoms with van der Waals surface area (Å²) >= 11 is 0. The Hall–Kier alpha value is -1.70. The van der Waals surface area contributed by atoms with Crippen molar-refractivity contribution in [1.82, 2.24) is 14.5 Å². The summed E-state index contributed by atoms with van der Waals surface area (Å²) in [4.78, 5) is 0.0983. The second-order valence-corrected chi connectivity index (χ2v) is 7.51. The predicted octanol–water partition coefficient (Wildman–Crippen LogP) is 0.996. The van der Waals surface area contributed by atoms with Gasteiger partial charge in [0.2, 0.25) is 10.0 Å². The van der Waals surface area contributed by atoms with Gasteiger partial charge in [0.1, 0.15) is 10.5 Å². The maximum absolute atomic E-state index is 12.3. The minimum atomic E-state index is -3.68. The van der Waals surface area contributed by atoms with E-state index in [0.29, 0.717) is 0 Å². The van der Waals surface area contributed by atoms with Gasteiger partial charge in [0.15, 0.2) is 0 Å². The van der Waals surface area contributed by atoms with Crippen LogP contribution in [-0.4, -0.2) is 29.8 Å². The molecule has 22 heavy (non-hydrogen) atoms. The molecule has 0 radical (unpaired) electrons. The lowest BCUT2D eigenvalue weighted by Gasteiger charge is -2.29. The van der Waals surface area contributed by atoms with Gasteiger partial charge in [-0.15, -0.1) is 0 Å². The summed E-state index contributed by atoms with van der Waals surface area (Å²) in [5.41, 5.74) is -0.428. The summed E-state index contributed by atoms with van der Waals surface area (Å²) in [5.74, 6) is 0.0894. The maximum Gasteiger partial charge on any atom is 0.243 e. The van der Waals surface area contributed by atoms with E-state index in [9.17, 15) is 13.5 Å². The van der Waals surface area contributed by atoms with E-state index in [1.165, 1.54) is 17.1 Å². The smallest absolute Gasteiger partial charge is 0.243 e. The number of nitrogens with zero attached hydrogens (tertiary/aromatic N) is 2. The average molecular weight is 321 g/mol.